The van der Waals surface area contributed by atoms with Gasteiger partial charge in [-0.05, 0) is 32.4 Å². The van der Waals surface area contributed by atoms with Crippen molar-refractivity contribution in [1.82, 2.24) is 14.9 Å². The van der Waals surface area contributed by atoms with E-state index in [4.69, 9.17) is 0 Å². The number of aryl methyl sites for hydroxylation is 1. The summed E-state index contributed by atoms with van der Waals surface area (Å²) in [6.07, 6.45) is 6.38. The maximum absolute atomic E-state index is 4.19. The molecule has 0 bridgehead atoms. The van der Waals surface area contributed by atoms with Crippen LogP contribution in [0.5, 0.6) is 0 Å². The van der Waals surface area contributed by atoms with Gasteiger partial charge in [-0.25, -0.2) is 9.97 Å². The van der Waals surface area contributed by atoms with Crippen molar-refractivity contribution in [3.8, 4) is 0 Å². The fraction of sp³-hybridized carbons (Fsp3) is 0.636. The second-order valence-corrected chi connectivity index (χ2v) is 4.22. The van der Waals surface area contributed by atoms with Gasteiger partial charge in [-0.1, -0.05) is 0 Å². The van der Waals surface area contributed by atoms with Crippen molar-refractivity contribution in [3.05, 3.63) is 18.0 Å². The molecule has 82 valence electrons. The first kappa shape index (κ1) is 10.4. The van der Waals surface area contributed by atoms with Crippen LogP contribution in [-0.2, 0) is 0 Å². The van der Waals surface area contributed by atoms with Crippen LogP contribution in [0.25, 0.3) is 0 Å². The van der Waals surface area contributed by atoms with Gasteiger partial charge in [0.05, 0.1) is 0 Å². The van der Waals surface area contributed by atoms with E-state index < -0.39 is 0 Å². The van der Waals surface area contributed by atoms with Crippen molar-refractivity contribution in [2.24, 2.45) is 0 Å². The third-order valence-electron chi connectivity index (χ3n) is 2.70. The average Bonchev–Trinajstić information content (AvgIpc) is 3.04. The minimum Gasteiger partial charge on any atom is -0.353 e. The summed E-state index contributed by atoms with van der Waals surface area (Å²) in [7, 11) is 2.18. The lowest BCUT2D eigenvalue weighted by molar-refractivity contribution is 0.337. The summed E-state index contributed by atoms with van der Waals surface area (Å²) in [6.45, 7) is 3.96. The van der Waals surface area contributed by atoms with Gasteiger partial charge in [-0.3, -0.25) is 0 Å². The number of hydrogen-bond acceptors (Lipinski definition) is 4. The lowest BCUT2D eigenvalue weighted by Gasteiger charge is -2.15. The molecule has 1 fully saturated rings. The zero-order chi connectivity index (χ0) is 10.7. The third-order valence-corrected chi connectivity index (χ3v) is 2.70. The van der Waals surface area contributed by atoms with Crippen molar-refractivity contribution < 1.29 is 0 Å². The Bertz CT molecular complexity index is 305. The van der Waals surface area contributed by atoms with Crippen molar-refractivity contribution in [3.63, 3.8) is 0 Å². The first-order valence-corrected chi connectivity index (χ1v) is 5.48. The molecule has 2 rings (SSSR count). The van der Waals surface area contributed by atoms with E-state index in [9.17, 15) is 0 Å². The minimum atomic E-state index is 0.727. The number of aromatic nitrogens is 2. The quantitative estimate of drug-likeness (QED) is 0.788. The van der Waals surface area contributed by atoms with Crippen LogP contribution in [0, 0.1) is 6.92 Å². The van der Waals surface area contributed by atoms with E-state index in [0.717, 1.165) is 30.6 Å². The van der Waals surface area contributed by atoms with Crippen LogP contribution >= 0.6 is 0 Å². The van der Waals surface area contributed by atoms with Crippen LogP contribution in [0.2, 0.25) is 0 Å². The zero-order valence-electron chi connectivity index (χ0n) is 9.40. The summed E-state index contributed by atoms with van der Waals surface area (Å²) in [5.41, 5.74) is 1.09. The van der Waals surface area contributed by atoms with Gasteiger partial charge in [-0.15, -0.1) is 0 Å². The van der Waals surface area contributed by atoms with Crippen LogP contribution in [0.15, 0.2) is 12.4 Å². The topological polar surface area (TPSA) is 41.1 Å². The van der Waals surface area contributed by atoms with E-state index in [2.05, 4.69) is 27.2 Å². The summed E-state index contributed by atoms with van der Waals surface area (Å²) >= 11 is 0. The predicted molar refractivity (Wildman–Crippen MR) is 60.9 cm³/mol. The number of nitrogens with one attached hydrogen (secondary N) is 1. The number of anilines is 1. The second-order valence-electron chi connectivity index (χ2n) is 4.22. The van der Waals surface area contributed by atoms with Gasteiger partial charge in [0, 0.05) is 31.5 Å². The molecule has 1 N–H and O–H groups in total. The molecule has 1 aromatic heterocycles. The van der Waals surface area contributed by atoms with E-state index in [1.807, 2.05) is 19.3 Å². The predicted octanol–water partition coefficient (Wildman–Crippen LogP) is 1.29. The fourth-order valence-corrected chi connectivity index (χ4v) is 1.53. The van der Waals surface area contributed by atoms with E-state index in [0.29, 0.717) is 0 Å². The van der Waals surface area contributed by atoms with Gasteiger partial charge >= 0.3 is 0 Å². The molecule has 1 heterocycles. The highest BCUT2D eigenvalue weighted by atomic mass is 15.2. The van der Waals surface area contributed by atoms with Gasteiger partial charge in [0.25, 0.3) is 0 Å². The summed E-state index contributed by atoms with van der Waals surface area (Å²) in [4.78, 5) is 10.8. The highest BCUT2D eigenvalue weighted by molar-refractivity contribution is 5.23. The minimum absolute atomic E-state index is 0.727. The van der Waals surface area contributed by atoms with Crippen LogP contribution in [-0.4, -0.2) is 41.0 Å². The molecule has 0 spiro atoms. The van der Waals surface area contributed by atoms with E-state index >= 15 is 0 Å². The molecular formula is C11H18N4. The molecule has 15 heavy (non-hydrogen) atoms. The van der Waals surface area contributed by atoms with Crippen LogP contribution < -0.4 is 5.32 Å². The Morgan fingerprint density at radius 3 is 2.67 bits per heavy atom. The molecular weight excluding hydrogens is 188 g/mol. The molecule has 4 heteroatoms. The number of likely N-dealkylation sites (N-methyl/N-ethyl adjacent to an activating group) is 1. The molecule has 0 radical (unpaired) electrons. The summed E-state index contributed by atoms with van der Waals surface area (Å²) in [6, 6.07) is 0.825. The maximum atomic E-state index is 4.19. The molecule has 1 aliphatic rings. The van der Waals surface area contributed by atoms with Crippen molar-refractivity contribution in [2.75, 3.05) is 25.5 Å². The van der Waals surface area contributed by atoms with Gasteiger partial charge in [0.15, 0.2) is 0 Å². The second kappa shape index (κ2) is 4.57. The Morgan fingerprint density at radius 2 is 2.07 bits per heavy atom. The van der Waals surface area contributed by atoms with Gasteiger partial charge < -0.3 is 10.2 Å². The first-order valence-electron chi connectivity index (χ1n) is 5.48. The lowest BCUT2D eigenvalue weighted by Crippen LogP contribution is -2.27. The molecule has 0 saturated heterocycles. The van der Waals surface area contributed by atoms with E-state index in [1.165, 1.54) is 12.8 Å². The van der Waals surface area contributed by atoms with E-state index in [1.54, 1.807) is 0 Å². The highest BCUT2D eigenvalue weighted by Gasteiger charge is 2.25. The molecule has 1 saturated carbocycles. The SMILES string of the molecule is Cc1cnc(NCCN(C)C2CC2)nc1. The third kappa shape index (κ3) is 3.16. The van der Waals surface area contributed by atoms with Crippen molar-refractivity contribution in [1.29, 1.82) is 0 Å². The normalized spacial score (nSPS) is 15.7. The molecule has 1 aliphatic carbocycles. The number of nitrogens with zero attached hydrogens (tertiary/aromatic N) is 3. The Morgan fingerprint density at radius 1 is 1.40 bits per heavy atom. The Balaban J connectivity index is 1.70. The molecule has 0 aliphatic heterocycles. The molecule has 0 atom stereocenters. The van der Waals surface area contributed by atoms with E-state index in [-0.39, 0.29) is 0 Å². The average molecular weight is 206 g/mol. The van der Waals surface area contributed by atoms with Crippen molar-refractivity contribution in [2.45, 2.75) is 25.8 Å². The Kier molecular flexibility index (Phi) is 3.16. The monoisotopic (exact) mass is 206 g/mol. The molecule has 4 nitrogen and oxygen atoms in total. The van der Waals surface area contributed by atoms with Crippen LogP contribution in [0.3, 0.4) is 0 Å². The summed E-state index contributed by atoms with van der Waals surface area (Å²) in [5, 5.41) is 3.22. The molecule has 0 aromatic carbocycles. The van der Waals surface area contributed by atoms with Crippen LogP contribution in [0.4, 0.5) is 5.95 Å². The Labute approximate surface area is 90.7 Å². The maximum Gasteiger partial charge on any atom is 0.222 e. The van der Waals surface area contributed by atoms with Gasteiger partial charge in [0.2, 0.25) is 5.95 Å². The molecule has 0 unspecified atom stereocenters. The fourth-order valence-electron chi connectivity index (χ4n) is 1.53. The van der Waals surface area contributed by atoms with Crippen LogP contribution in [0.1, 0.15) is 18.4 Å². The Hall–Kier alpha value is -1.16. The zero-order valence-corrected chi connectivity index (χ0v) is 9.40. The van der Waals surface area contributed by atoms with Gasteiger partial charge in [-0.2, -0.15) is 0 Å². The molecule has 0 amide bonds. The lowest BCUT2D eigenvalue weighted by atomic mass is 10.4. The summed E-state index contributed by atoms with van der Waals surface area (Å²) < 4.78 is 0. The number of hydrogen-bond donors (Lipinski definition) is 1. The van der Waals surface area contributed by atoms with Crippen molar-refractivity contribution >= 4 is 5.95 Å². The smallest absolute Gasteiger partial charge is 0.222 e. The standard InChI is InChI=1S/C11H18N4/c1-9-7-13-11(14-8-9)12-5-6-15(2)10-3-4-10/h7-8,10H,3-6H2,1-2H3,(H,12,13,14). The van der Waals surface area contributed by atoms with Gasteiger partial charge in [0.1, 0.15) is 0 Å². The highest BCUT2D eigenvalue weighted by Crippen LogP contribution is 2.24. The molecule has 1 aromatic rings. The first-order chi connectivity index (χ1) is 7.25. The largest absolute Gasteiger partial charge is 0.353 e. The summed E-state index contributed by atoms with van der Waals surface area (Å²) in [5.74, 6) is 0.727. The number of rotatable bonds is 5.